The quantitative estimate of drug-likeness (QED) is 0.170. The monoisotopic (exact) mass is 720 g/mol. The number of fused-ring (bicyclic) bond motifs is 5. The molecule has 10 aromatic carbocycles. The third-order valence-corrected chi connectivity index (χ3v) is 11.4. The first-order valence-corrected chi connectivity index (χ1v) is 19.3. The lowest BCUT2D eigenvalue weighted by Crippen LogP contribution is -1.93. The number of rotatable bonds is 6. The number of hydrogen-bond donors (Lipinski definition) is 0. The highest BCUT2D eigenvalue weighted by atomic mass is 16.5. The third-order valence-electron chi connectivity index (χ3n) is 11.4. The van der Waals surface area contributed by atoms with Gasteiger partial charge in [-0.1, -0.05) is 133 Å². The molecule has 0 amide bonds. The van der Waals surface area contributed by atoms with Crippen LogP contribution in [0, 0.1) is 27.7 Å². The summed E-state index contributed by atoms with van der Waals surface area (Å²) in [5, 5.41) is 11.8. The standard InChI is InChI=1S/C54H40O2/c1-33-20-25-43-37(30-33)12-6-14-47(43)53-35(3)21-26-45-48(53)15-8-16-49(45)54-36(4)22-27-46-50(54)17-9-19-52(46)56-51-18-7-13-39-32-41(24-29-44(39)51)55-40-23-28-42-34(2)10-5-11-38(42)31-40/h5-32H,1-4H3. The summed E-state index contributed by atoms with van der Waals surface area (Å²) in [6.07, 6.45) is 0. The minimum Gasteiger partial charge on any atom is -0.457 e. The fourth-order valence-electron chi connectivity index (χ4n) is 8.67. The molecule has 0 fully saturated rings. The van der Waals surface area contributed by atoms with Crippen LogP contribution in [0.15, 0.2) is 170 Å². The summed E-state index contributed by atoms with van der Waals surface area (Å²) >= 11 is 0. The van der Waals surface area contributed by atoms with Gasteiger partial charge in [-0.25, -0.2) is 0 Å². The van der Waals surface area contributed by atoms with Crippen LogP contribution in [0.3, 0.4) is 0 Å². The van der Waals surface area contributed by atoms with E-state index in [1.165, 1.54) is 82.2 Å². The van der Waals surface area contributed by atoms with Crippen LogP contribution in [0.25, 0.3) is 76.1 Å². The Hall–Kier alpha value is -6.90. The van der Waals surface area contributed by atoms with Gasteiger partial charge in [-0.05, 0) is 152 Å². The Balaban J connectivity index is 1.04. The Bertz CT molecular complexity index is 3190. The summed E-state index contributed by atoms with van der Waals surface area (Å²) in [6, 6.07) is 60.7. The van der Waals surface area contributed by atoms with Crippen molar-refractivity contribution in [2.24, 2.45) is 0 Å². The second kappa shape index (κ2) is 13.4. The normalized spacial score (nSPS) is 11.6. The maximum atomic E-state index is 6.84. The Morgan fingerprint density at radius 1 is 0.304 bits per heavy atom. The average Bonchev–Trinajstić information content (AvgIpc) is 3.20. The van der Waals surface area contributed by atoms with Gasteiger partial charge in [0.15, 0.2) is 0 Å². The molecular formula is C54H40O2. The molecule has 0 bridgehead atoms. The number of ether oxygens (including phenoxy) is 2. The van der Waals surface area contributed by atoms with Crippen LogP contribution in [0.4, 0.5) is 0 Å². The molecule has 56 heavy (non-hydrogen) atoms. The topological polar surface area (TPSA) is 18.5 Å². The van der Waals surface area contributed by atoms with E-state index < -0.39 is 0 Å². The summed E-state index contributed by atoms with van der Waals surface area (Å²) in [4.78, 5) is 0. The van der Waals surface area contributed by atoms with E-state index in [1.807, 2.05) is 24.3 Å². The predicted molar refractivity (Wildman–Crippen MR) is 237 cm³/mol. The molecule has 0 N–H and O–H groups in total. The van der Waals surface area contributed by atoms with Gasteiger partial charge in [0, 0.05) is 10.8 Å². The van der Waals surface area contributed by atoms with E-state index in [4.69, 9.17) is 9.47 Å². The molecule has 0 heterocycles. The molecule has 0 aromatic heterocycles. The van der Waals surface area contributed by atoms with Crippen molar-refractivity contribution in [3.05, 3.63) is 192 Å². The van der Waals surface area contributed by atoms with Gasteiger partial charge in [-0.3, -0.25) is 0 Å². The van der Waals surface area contributed by atoms with Gasteiger partial charge in [-0.2, -0.15) is 0 Å². The summed E-state index contributed by atoms with van der Waals surface area (Å²) in [7, 11) is 0. The Kier molecular flexibility index (Phi) is 8.08. The van der Waals surface area contributed by atoms with Crippen LogP contribution in [-0.2, 0) is 0 Å². The van der Waals surface area contributed by atoms with Crippen LogP contribution in [0.2, 0.25) is 0 Å². The molecule has 10 aromatic rings. The molecule has 0 unspecified atom stereocenters. The largest absolute Gasteiger partial charge is 0.457 e. The lowest BCUT2D eigenvalue weighted by molar-refractivity contribution is 0.483. The zero-order valence-electron chi connectivity index (χ0n) is 32.0. The highest BCUT2D eigenvalue weighted by Crippen LogP contribution is 2.44. The van der Waals surface area contributed by atoms with Crippen molar-refractivity contribution in [1.29, 1.82) is 0 Å². The highest BCUT2D eigenvalue weighted by Gasteiger charge is 2.18. The van der Waals surface area contributed by atoms with Gasteiger partial charge >= 0.3 is 0 Å². The molecule has 0 spiro atoms. The zero-order valence-corrected chi connectivity index (χ0v) is 32.0. The minimum absolute atomic E-state index is 0.788. The van der Waals surface area contributed by atoms with Crippen LogP contribution in [0.5, 0.6) is 23.0 Å². The predicted octanol–water partition coefficient (Wildman–Crippen LogP) is 15.6. The number of hydrogen-bond acceptors (Lipinski definition) is 2. The van der Waals surface area contributed by atoms with Crippen LogP contribution >= 0.6 is 0 Å². The Morgan fingerprint density at radius 3 is 1.54 bits per heavy atom. The van der Waals surface area contributed by atoms with Gasteiger partial charge in [-0.15, -0.1) is 0 Å². The van der Waals surface area contributed by atoms with E-state index in [0.29, 0.717) is 0 Å². The molecule has 2 nitrogen and oxygen atoms in total. The smallest absolute Gasteiger partial charge is 0.135 e. The average molecular weight is 721 g/mol. The first-order valence-electron chi connectivity index (χ1n) is 19.3. The molecular weight excluding hydrogens is 681 g/mol. The molecule has 10 rings (SSSR count). The summed E-state index contributed by atoms with van der Waals surface area (Å²) in [5.41, 5.74) is 10.0. The molecule has 0 aliphatic heterocycles. The minimum atomic E-state index is 0.788. The zero-order chi connectivity index (χ0) is 37.9. The van der Waals surface area contributed by atoms with Crippen LogP contribution in [0.1, 0.15) is 22.3 Å². The molecule has 0 atom stereocenters. The fourth-order valence-corrected chi connectivity index (χ4v) is 8.67. The summed E-state index contributed by atoms with van der Waals surface area (Å²) < 4.78 is 13.2. The van der Waals surface area contributed by atoms with E-state index >= 15 is 0 Å². The van der Waals surface area contributed by atoms with Crippen molar-refractivity contribution in [3.63, 3.8) is 0 Å². The first kappa shape index (κ1) is 33.7. The summed E-state index contributed by atoms with van der Waals surface area (Å²) in [5.74, 6) is 3.24. The second-order valence-corrected chi connectivity index (χ2v) is 15.1. The number of aryl methyl sites for hydroxylation is 4. The highest BCUT2D eigenvalue weighted by molar-refractivity contribution is 6.13. The Morgan fingerprint density at radius 2 is 0.804 bits per heavy atom. The molecule has 268 valence electrons. The van der Waals surface area contributed by atoms with Crippen molar-refractivity contribution in [2.45, 2.75) is 27.7 Å². The maximum absolute atomic E-state index is 6.84. The molecule has 0 aliphatic rings. The SMILES string of the molecule is Cc1ccc2c(-c3c(C)ccc4c(-c5c(C)ccc6c(Oc7cccc8cc(Oc9ccc%10c(C)cccc%10c9)ccc78)cccc56)cccc34)cccc2c1. The second-order valence-electron chi connectivity index (χ2n) is 15.1. The molecule has 0 saturated heterocycles. The van der Waals surface area contributed by atoms with Gasteiger partial charge in [0.1, 0.15) is 23.0 Å². The van der Waals surface area contributed by atoms with Gasteiger partial charge in [0.05, 0.1) is 0 Å². The first-order chi connectivity index (χ1) is 27.4. The molecule has 0 radical (unpaired) electrons. The van der Waals surface area contributed by atoms with Crippen LogP contribution in [-0.4, -0.2) is 0 Å². The van der Waals surface area contributed by atoms with Gasteiger partial charge < -0.3 is 9.47 Å². The summed E-state index contributed by atoms with van der Waals surface area (Å²) in [6.45, 7) is 8.74. The molecule has 2 heteroatoms. The van der Waals surface area contributed by atoms with Gasteiger partial charge in [0.2, 0.25) is 0 Å². The molecule has 0 aliphatic carbocycles. The van der Waals surface area contributed by atoms with Crippen molar-refractivity contribution in [1.82, 2.24) is 0 Å². The van der Waals surface area contributed by atoms with E-state index in [1.54, 1.807) is 0 Å². The maximum Gasteiger partial charge on any atom is 0.135 e. The van der Waals surface area contributed by atoms with E-state index in [2.05, 4.69) is 173 Å². The lowest BCUT2D eigenvalue weighted by Gasteiger charge is -2.19. The van der Waals surface area contributed by atoms with Crippen molar-refractivity contribution >= 4 is 53.9 Å². The van der Waals surface area contributed by atoms with Gasteiger partial charge in [0.25, 0.3) is 0 Å². The van der Waals surface area contributed by atoms with E-state index in [9.17, 15) is 0 Å². The third kappa shape index (κ3) is 5.74. The fraction of sp³-hybridized carbons (Fsp3) is 0.0741. The van der Waals surface area contributed by atoms with Crippen molar-refractivity contribution < 1.29 is 9.47 Å². The Labute approximate surface area is 327 Å². The van der Waals surface area contributed by atoms with E-state index in [0.717, 1.165) is 39.2 Å². The molecule has 0 saturated carbocycles. The van der Waals surface area contributed by atoms with Crippen molar-refractivity contribution in [2.75, 3.05) is 0 Å². The number of benzene rings is 10. The van der Waals surface area contributed by atoms with E-state index in [-0.39, 0.29) is 0 Å². The van der Waals surface area contributed by atoms with Crippen LogP contribution < -0.4 is 9.47 Å². The lowest BCUT2D eigenvalue weighted by atomic mass is 9.86. The van der Waals surface area contributed by atoms with Crippen molar-refractivity contribution in [3.8, 4) is 45.3 Å².